The zero-order valence-electron chi connectivity index (χ0n) is 19.0. The van der Waals surface area contributed by atoms with E-state index in [4.69, 9.17) is 5.26 Å². The molecule has 0 radical (unpaired) electrons. The van der Waals surface area contributed by atoms with Gasteiger partial charge >= 0.3 is 0 Å². The van der Waals surface area contributed by atoms with Gasteiger partial charge in [-0.3, -0.25) is 14.4 Å². The lowest BCUT2D eigenvalue weighted by Crippen LogP contribution is -2.27. The van der Waals surface area contributed by atoms with Gasteiger partial charge in [-0.1, -0.05) is 35.4 Å². The van der Waals surface area contributed by atoms with Crippen molar-refractivity contribution in [1.82, 2.24) is 4.57 Å². The average Bonchev–Trinajstić information content (AvgIpc) is 2.84. The zero-order valence-corrected chi connectivity index (χ0v) is 19.9. The smallest absolute Gasteiger partial charge is 0.262 e. The van der Waals surface area contributed by atoms with Crippen LogP contribution in [0.3, 0.4) is 0 Å². The molecular formula is C26H20N2O6S. The second kappa shape index (κ2) is 8.79. The maximum atomic E-state index is 13.8. The van der Waals surface area contributed by atoms with Gasteiger partial charge in [0.05, 0.1) is 45.0 Å². The summed E-state index contributed by atoms with van der Waals surface area (Å²) in [5, 5.41) is 16.2. The third-order valence-electron chi connectivity index (χ3n) is 6.14. The normalized spacial score (nSPS) is 12.1. The molecule has 1 aliphatic rings. The second-order valence-corrected chi connectivity index (χ2v) is 9.02. The number of hydrogen-bond acceptors (Lipinski definition) is 8. The van der Waals surface area contributed by atoms with Crippen molar-refractivity contribution in [3.05, 3.63) is 87.2 Å². The van der Waals surface area contributed by atoms with Crippen LogP contribution in [0.5, 0.6) is 0 Å². The molecule has 0 unspecified atom stereocenters. The molecule has 3 aromatic carbocycles. The molecule has 0 amide bonds. The Balaban J connectivity index is 1.83. The van der Waals surface area contributed by atoms with Crippen LogP contribution in [-0.2, 0) is 16.4 Å². The maximum absolute atomic E-state index is 13.8. The van der Waals surface area contributed by atoms with Crippen LogP contribution in [0.4, 0.5) is 11.4 Å². The van der Waals surface area contributed by atoms with E-state index in [-0.39, 0.29) is 17.1 Å². The summed E-state index contributed by atoms with van der Waals surface area (Å²) in [6.07, 6.45) is 0. The number of hydrogen-bond donors (Lipinski definition) is 2. The molecule has 2 N–H and O–H groups in total. The topological polar surface area (TPSA) is 107 Å². The van der Waals surface area contributed by atoms with Gasteiger partial charge in [0.15, 0.2) is 11.6 Å². The molecule has 1 aromatic heterocycles. The lowest BCUT2D eigenvalue weighted by Gasteiger charge is -2.25. The highest BCUT2D eigenvalue weighted by atomic mass is 32.2. The summed E-state index contributed by atoms with van der Waals surface area (Å²) in [7, 11) is 1.59. The minimum atomic E-state index is -0.408. The zero-order chi connectivity index (χ0) is 24.9. The fourth-order valence-corrected chi connectivity index (χ4v) is 5.15. The molecule has 176 valence electrons. The number of fused-ring (bicyclic) bond motifs is 2. The minimum absolute atomic E-state index is 0.0541. The fraction of sp³-hybridized carbons (Fsp3) is 0.115. The van der Waals surface area contributed by atoms with E-state index >= 15 is 0 Å². The number of Topliss-reactive ketones (excluding diaryl/α,β-unsaturated/α-hetero) is 1. The Morgan fingerprint density at radius 2 is 1.71 bits per heavy atom. The van der Waals surface area contributed by atoms with Crippen molar-refractivity contribution in [2.24, 2.45) is 7.05 Å². The number of aromatic nitrogens is 1. The van der Waals surface area contributed by atoms with Crippen LogP contribution in [-0.4, -0.2) is 21.4 Å². The Hall–Kier alpha value is -3.76. The fourth-order valence-electron chi connectivity index (χ4n) is 4.60. The summed E-state index contributed by atoms with van der Waals surface area (Å²) in [4.78, 5) is 40.2. The van der Waals surface area contributed by atoms with Crippen molar-refractivity contribution in [2.75, 3.05) is 5.32 Å². The number of ketones is 2. The summed E-state index contributed by atoms with van der Waals surface area (Å²) >= 11 is 0.805. The van der Waals surface area contributed by atoms with Crippen molar-refractivity contribution < 1.29 is 24.2 Å². The van der Waals surface area contributed by atoms with Gasteiger partial charge in [0.2, 0.25) is 0 Å². The standard InChI is InChI=1S/C26H20N2O6S/c1-13-8-9-17(20(12-13)35-34-33-32)27-18-10-11-19-24-22(21(14(2)29)26(31)28(19)3)15-6-4-5-7-16(15)25(30)23(18)24/h4-12,27,32H,1-3H3. The molecule has 0 saturated carbocycles. The van der Waals surface area contributed by atoms with Crippen molar-refractivity contribution in [3.8, 4) is 11.1 Å². The van der Waals surface area contributed by atoms with Gasteiger partial charge < -0.3 is 9.88 Å². The second-order valence-electron chi connectivity index (χ2n) is 8.28. The van der Waals surface area contributed by atoms with Crippen molar-refractivity contribution in [3.63, 3.8) is 0 Å². The van der Waals surface area contributed by atoms with Gasteiger partial charge in [-0.05, 0) is 49.2 Å². The molecule has 0 bridgehead atoms. The summed E-state index contributed by atoms with van der Waals surface area (Å²) in [5.41, 5.74) is 4.08. The third kappa shape index (κ3) is 3.65. The van der Waals surface area contributed by atoms with Gasteiger partial charge in [0.25, 0.3) is 5.56 Å². The molecule has 0 spiro atoms. The number of carbonyl (C=O) groups excluding carboxylic acids is 2. The monoisotopic (exact) mass is 488 g/mol. The molecular weight excluding hydrogens is 468 g/mol. The van der Waals surface area contributed by atoms with Gasteiger partial charge in [-0.15, -0.1) is 4.33 Å². The molecule has 0 fully saturated rings. The van der Waals surface area contributed by atoms with Crippen LogP contribution < -0.4 is 10.9 Å². The highest BCUT2D eigenvalue weighted by Gasteiger charge is 2.32. The van der Waals surface area contributed by atoms with Crippen LogP contribution in [0.2, 0.25) is 0 Å². The summed E-state index contributed by atoms with van der Waals surface area (Å²) in [6, 6.07) is 16.0. The van der Waals surface area contributed by atoms with Crippen molar-refractivity contribution in [2.45, 2.75) is 18.7 Å². The lowest BCUT2D eigenvalue weighted by molar-refractivity contribution is -0.432. The van der Waals surface area contributed by atoms with Crippen molar-refractivity contribution >= 4 is 45.9 Å². The molecule has 1 aliphatic carbocycles. The van der Waals surface area contributed by atoms with E-state index in [0.29, 0.717) is 49.4 Å². The number of nitrogens with one attached hydrogen (secondary N) is 1. The molecule has 35 heavy (non-hydrogen) atoms. The number of benzene rings is 3. The number of rotatable bonds is 6. The largest absolute Gasteiger partial charge is 0.354 e. The Bertz CT molecular complexity index is 1610. The lowest BCUT2D eigenvalue weighted by atomic mass is 9.80. The number of carbonyl (C=O) groups is 2. The summed E-state index contributed by atoms with van der Waals surface area (Å²) < 4.78 is 6.04. The van der Waals surface area contributed by atoms with Crippen LogP contribution in [0.15, 0.2) is 64.3 Å². The van der Waals surface area contributed by atoms with Crippen LogP contribution in [0, 0.1) is 6.92 Å². The maximum Gasteiger partial charge on any atom is 0.262 e. The van der Waals surface area contributed by atoms with Gasteiger partial charge in [0, 0.05) is 23.6 Å². The first-order chi connectivity index (χ1) is 16.8. The first-order valence-corrected chi connectivity index (χ1v) is 11.4. The summed E-state index contributed by atoms with van der Waals surface area (Å²) in [6.45, 7) is 3.27. The summed E-state index contributed by atoms with van der Waals surface area (Å²) in [5.74, 6) is -0.583. The molecule has 8 nitrogen and oxygen atoms in total. The predicted molar refractivity (Wildman–Crippen MR) is 133 cm³/mol. The number of pyridine rings is 1. The molecule has 0 aliphatic heterocycles. The first-order valence-electron chi connectivity index (χ1n) is 10.7. The number of aryl methyl sites for hydroxylation is 2. The Kier molecular flexibility index (Phi) is 5.78. The van der Waals surface area contributed by atoms with Gasteiger partial charge in [-0.2, -0.15) is 0 Å². The molecule has 0 atom stereocenters. The first kappa shape index (κ1) is 23.0. The van der Waals surface area contributed by atoms with E-state index < -0.39 is 5.56 Å². The van der Waals surface area contributed by atoms with Crippen LogP contribution in [0.25, 0.3) is 22.0 Å². The number of anilines is 2. The predicted octanol–water partition coefficient (Wildman–Crippen LogP) is 5.43. The third-order valence-corrected chi connectivity index (χ3v) is 6.79. The van der Waals surface area contributed by atoms with E-state index in [1.165, 1.54) is 11.5 Å². The Labute approximate surface area is 204 Å². The number of nitrogens with zero attached hydrogens (tertiary/aromatic N) is 1. The Morgan fingerprint density at radius 3 is 2.43 bits per heavy atom. The molecule has 9 heteroatoms. The van der Waals surface area contributed by atoms with Crippen molar-refractivity contribution in [1.29, 1.82) is 0 Å². The molecule has 0 saturated heterocycles. The van der Waals surface area contributed by atoms with Crippen LogP contribution in [0.1, 0.15) is 38.8 Å². The molecule has 5 rings (SSSR count). The molecule has 1 heterocycles. The van der Waals surface area contributed by atoms with E-state index in [2.05, 4.69) is 14.7 Å². The highest BCUT2D eigenvalue weighted by Crippen LogP contribution is 2.44. The highest BCUT2D eigenvalue weighted by molar-refractivity contribution is 7.94. The van der Waals surface area contributed by atoms with E-state index in [1.807, 2.05) is 25.1 Å². The van der Waals surface area contributed by atoms with E-state index in [9.17, 15) is 14.4 Å². The SMILES string of the molecule is CC(=O)c1c2c3c(c(Nc4ccc(C)cc4SOOO)ccc3n(C)c1=O)C(=O)c1ccccc1-2. The molecule has 4 aromatic rings. The average molecular weight is 489 g/mol. The minimum Gasteiger partial charge on any atom is -0.354 e. The van der Waals surface area contributed by atoms with Gasteiger partial charge in [0.1, 0.15) is 0 Å². The van der Waals surface area contributed by atoms with E-state index in [0.717, 1.165) is 17.6 Å². The Morgan fingerprint density at radius 1 is 1.00 bits per heavy atom. The van der Waals surface area contributed by atoms with E-state index in [1.54, 1.807) is 43.4 Å². The quantitative estimate of drug-likeness (QED) is 0.141. The van der Waals surface area contributed by atoms with Gasteiger partial charge in [-0.25, -0.2) is 5.26 Å². The van der Waals surface area contributed by atoms with Crippen LogP contribution >= 0.6 is 12.0 Å².